The van der Waals surface area contributed by atoms with Crippen LogP contribution in [-0.2, 0) is 9.53 Å². The molecular weight excluding hydrogens is 159 g/mol. The first-order chi connectivity index (χ1) is 5.60. The Morgan fingerprint density at radius 1 is 1.33 bits per heavy atom. The van der Waals surface area contributed by atoms with Gasteiger partial charge in [-0.25, -0.2) is 4.39 Å². The van der Waals surface area contributed by atoms with E-state index in [1.54, 1.807) is 0 Å². The van der Waals surface area contributed by atoms with Crippen molar-refractivity contribution in [3.05, 3.63) is 0 Å². The van der Waals surface area contributed by atoms with E-state index in [-0.39, 0.29) is 5.97 Å². The average molecular weight is 172 g/mol. The van der Waals surface area contributed by atoms with Crippen molar-refractivity contribution in [3.63, 3.8) is 0 Å². The Bertz CT molecular complexity index is 217. The van der Waals surface area contributed by atoms with Gasteiger partial charge in [-0.05, 0) is 32.1 Å². The normalized spacial score (nSPS) is 44.8. The van der Waals surface area contributed by atoms with Gasteiger partial charge in [0.05, 0.1) is 12.5 Å². The van der Waals surface area contributed by atoms with Gasteiger partial charge in [-0.2, -0.15) is 0 Å². The molecule has 0 saturated heterocycles. The van der Waals surface area contributed by atoms with E-state index in [2.05, 4.69) is 0 Å². The summed E-state index contributed by atoms with van der Waals surface area (Å²) >= 11 is 0. The zero-order valence-electron chi connectivity index (χ0n) is 7.23. The summed E-state index contributed by atoms with van der Waals surface area (Å²) < 4.78 is 18.3. The fourth-order valence-corrected chi connectivity index (χ4v) is 2.63. The average Bonchev–Trinajstić information content (AvgIpc) is 2.57. The first-order valence-corrected chi connectivity index (χ1v) is 4.38. The number of rotatable bonds is 1. The van der Waals surface area contributed by atoms with E-state index in [0.717, 1.165) is 0 Å². The molecule has 2 rings (SSSR count). The van der Waals surface area contributed by atoms with Gasteiger partial charge in [-0.15, -0.1) is 0 Å². The van der Waals surface area contributed by atoms with Gasteiger partial charge in [-0.1, -0.05) is 0 Å². The molecular formula is C9H13FO2. The maximum absolute atomic E-state index is 13.6. The zero-order valence-corrected chi connectivity index (χ0v) is 7.23. The van der Waals surface area contributed by atoms with Crippen molar-refractivity contribution in [2.45, 2.75) is 37.8 Å². The molecule has 2 saturated carbocycles. The third kappa shape index (κ3) is 0.883. The van der Waals surface area contributed by atoms with Crippen LogP contribution in [0.1, 0.15) is 32.1 Å². The number of methoxy groups -OCH3 is 1. The molecule has 0 aromatic heterocycles. The van der Waals surface area contributed by atoms with Crippen LogP contribution in [0.3, 0.4) is 0 Å². The number of esters is 1. The Morgan fingerprint density at radius 3 is 2.25 bits per heavy atom. The SMILES string of the molecule is COC(=O)C12CCC(F)(CC1)C2. The van der Waals surface area contributed by atoms with Crippen molar-refractivity contribution < 1.29 is 13.9 Å². The maximum Gasteiger partial charge on any atom is 0.311 e. The summed E-state index contributed by atoms with van der Waals surface area (Å²) in [6, 6.07) is 0. The van der Waals surface area contributed by atoms with Crippen LogP contribution in [0, 0.1) is 5.41 Å². The van der Waals surface area contributed by atoms with Crippen LogP contribution in [-0.4, -0.2) is 18.7 Å². The second kappa shape index (κ2) is 2.21. The minimum atomic E-state index is -1.05. The zero-order chi connectivity index (χ0) is 8.82. The van der Waals surface area contributed by atoms with E-state index in [9.17, 15) is 9.18 Å². The molecule has 2 aliphatic carbocycles. The number of halogens is 1. The Labute approximate surface area is 71.1 Å². The predicted octanol–water partition coefficient (Wildman–Crippen LogP) is 1.83. The molecule has 0 unspecified atom stereocenters. The quantitative estimate of drug-likeness (QED) is 0.564. The summed E-state index contributed by atoms with van der Waals surface area (Å²) in [5.41, 5.74) is -1.50. The van der Waals surface area contributed by atoms with E-state index in [0.29, 0.717) is 32.1 Å². The number of alkyl halides is 1. The summed E-state index contributed by atoms with van der Waals surface area (Å²) in [7, 11) is 1.38. The third-order valence-electron chi connectivity index (χ3n) is 3.38. The number of ether oxygens (including phenoxy) is 1. The molecule has 2 bridgehead atoms. The Kier molecular flexibility index (Phi) is 1.48. The molecule has 2 fully saturated rings. The summed E-state index contributed by atoms with van der Waals surface area (Å²) in [5, 5.41) is 0. The van der Waals surface area contributed by atoms with Crippen molar-refractivity contribution >= 4 is 5.97 Å². The van der Waals surface area contributed by atoms with Gasteiger partial charge in [0.25, 0.3) is 0 Å². The van der Waals surface area contributed by atoms with Crippen LogP contribution >= 0.6 is 0 Å². The second-order valence-corrected chi connectivity index (χ2v) is 4.10. The number of carbonyl (C=O) groups is 1. The second-order valence-electron chi connectivity index (χ2n) is 4.10. The lowest BCUT2D eigenvalue weighted by Gasteiger charge is -2.22. The molecule has 0 aromatic rings. The van der Waals surface area contributed by atoms with Crippen LogP contribution in [0.2, 0.25) is 0 Å². The van der Waals surface area contributed by atoms with Crippen molar-refractivity contribution in [2.24, 2.45) is 5.41 Å². The monoisotopic (exact) mass is 172 g/mol. The van der Waals surface area contributed by atoms with Crippen LogP contribution < -0.4 is 0 Å². The molecule has 0 radical (unpaired) electrons. The summed E-state index contributed by atoms with van der Waals surface area (Å²) in [4.78, 5) is 11.3. The smallest absolute Gasteiger partial charge is 0.311 e. The minimum Gasteiger partial charge on any atom is -0.469 e. The lowest BCUT2D eigenvalue weighted by molar-refractivity contribution is -0.152. The fourth-order valence-electron chi connectivity index (χ4n) is 2.63. The van der Waals surface area contributed by atoms with Gasteiger partial charge in [0.2, 0.25) is 0 Å². The van der Waals surface area contributed by atoms with Crippen molar-refractivity contribution in [1.82, 2.24) is 0 Å². The number of hydrogen-bond acceptors (Lipinski definition) is 2. The summed E-state index contributed by atoms with van der Waals surface area (Å²) in [5.74, 6) is -0.209. The molecule has 2 aliphatic rings. The summed E-state index contributed by atoms with van der Waals surface area (Å²) in [6.07, 6.45) is 2.84. The molecule has 0 aliphatic heterocycles. The van der Waals surface area contributed by atoms with Crippen LogP contribution in [0.25, 0.3) is 0 Å². The largest absolute Gasteiger partial charge is 0.469 e. The molecule has 0 amide bonds. The van der Waals surface area contributed by atoms with Gasteiger partial charge in [0, 0.05) is 0 Å². The van der Waals surface area contributed by atoms with Gasteiger partial charge in [-0.3, -0.25) is 4.79 Å². The molecule has 0 aromatic carbocycles. The van der Waals surface area contributed by atoms with Gasteiger partial charge in [0.1, 0.15) is 5.67 Å². The lowest BCUT2D eigenvalue weighted by Crippen LogP contribution is -2.27. The van der Waals surface area contributed by atoms with Gasteiger partial charge >= 0.3 is 5.97 Å². The van der Waals surface area contributed by atoms with Gasteiger partial charge < -0.3 is 4.74 Å². The van der Waals surface area contributed by atoms with Crippen LogP contribution in [0.15, 0.2) is 0 Å². The molecule has 3 heteroatoms. The lowest BCUT2D eigenvalue weighted by atomic mass is 9.84. The van der Waals surface area contributed by atoms with Crippen LogP contribution in [0.5, 0.6) is 0 Å². The highest BCUT2D eigenvalue weighted by Crippen LogP contribution is 2.58. The molecule has 0 spiro atoms. The van der Waals surface area contributed by atoms with Crippen LogP contribution in [0.4, 0.5) is 4.39 Å². The van der Waals surface area contributed by atoms with Crippen molar-refractivity contribution in [1.29, 1.82) is 0 Å². The first kappa shape index (κ1) is 8.02. The minimum absolute atomic E-state index is 0.209. The maximum atomic E-state index is 13.6. The highest BCUT2D eigenvalue weighted by atomic mass is 19.1. The molecule has 12 heavy (non-hydrogen) atoms. The molecule has 2 nitrogen and oxygen atoms in total. The number of fused-ring (bicyclic) bond motifs is 2. The molecule has 68 valence electrons. The molecule has 0 atom stereocenters. The predicted molar refractivity (Wildman–Crippen MR) is 41.4 cm³/mol. The van der Waals surface area contributed by atoms with E-state index in [1.165, 1.54) is 7.11 Å². The van der Waals surface area contributed by atoms with E-state index < -0.39 is 11.1 Å². The highest BCUT2D eigenvalue weighted by Gasteiger charge is 2.59. The van der Waals surface area contributed by atoms with E-state index in [4.69, 9.17) is 4.74 Å². The third-order valence-corrected chi connectivity index (χ3v) is 3.38. The molecule has 0 N–H and O–H groups in total. The van der Waals surface area contributed by atoms with Crippen molar-refractivity contribution in [2.75, 3.05) is 7.11 Å². The number of hydrogen-bond donors (Lipinski definition) is 0. The van der Waals surface area contributed by atoms with Crippen molar-refractivity contribution in [3.8, 4) is 0 Å². The van der Waals surface area contributed by atoms with Gasteiger partial charge in [0.15, 0.2) is 0 Å². The standard InChI is InChI=1S/C9H13FO2/c1-12-7(11)8-2-4-9(10,6-8)5-3-8/h2-6H2,1H3. The number of carbonyl (C=O) groups excluding carboxylic acids is 1. The topological polar surface area (TPSA) is 26.3 Å². The fraction of sp³-hybridized carbons (Fsp3) is 0.889. The Hall–Kier alpha value is -0.600. The summed E-state index contributed by atoms with van der Waals surface area (Å²) in [6.45, 7) is 0. The Morgan fingerprint density at radius 2 is 1.92 bits per heavy atom. The Balaban J connectivity index is 2.20. The molecule has 0 heterocycles. The highest BCUT2D eigenvalue weighted by molar-refractivity contribution is 5.78. The van der Waals surface area contributed by atoms with E-state index in [1.807, 2.05) is 0 Å². The first-order valence-electron chi connectivity index (χ1n) is 4.38. The van der Waals surface area contributed by atoms with E-state index >= 15 is 0 Å².